The molecule has 3 N–H and O–H groups in total. The van der Waals surface area contributed by atoms with E-state index in [1.165, 1.54) is 6.07 Å². The molecule has 2 amide bonds. The van der Waals surface area contributed by atoms with E-state index in [1.54, 1.807) is 31.2 Å². The van der Waals surface area contributed by atoms with Crippen molar-refractivity contribution in [2.24, 2.45) is 0 Å². The Hall–Kier alpha value is -2.60. The summed E-state index contributed by atoms with van der Waals surface area (Å²) >= 11 is 5.81. The quantitative estimate of drug-likeness (QED) is 0.736. The molecule has 0 bridgehead atoms. The minimum absolute atomic E-state index is 0.0134. The van der Waals surface area contributed by atoms with E-state index < -0.39 is 11.7 Å². The highest BCUT2D eigenvalue weighted by Gasteiger charge is 2.13. The van der Waals surface area contributed by atoms with Gasteiger partial charge in [0.05, 0.1) is 16.6 Å². The lowest BCUT2D eigenvalue weighted by molar-refractivity contribution is -0.121. The van der Waals surface area contributed by atoms with Crippen LogP contribution in [0.1, 0.15) is 35.3 Å². The van der Waals surface area contributed by atoms with Gasteiger partial charge in [0.15, 0.2) is 0 Å². The van der Waals surface area contributed by atoms with Gasteiger partial charge in [0, 0.05) is 13.0 Å². The van der Waals surface area contributed by atoms with E-state index >= 15 is 0 Å². The van der Waals surface area contributed by atoms with Crippen molar-refractivity contribution in [1.29, 1.82) is 0 Å². The fourth-order valence-electron chi connectivity index (χ4n) is 2.25. The first-order valence-electron chi connectivity index (χ1n) is 7.68. The predicted molar refractivity (Wildman–Crippen MR) is 93.0 cm³/mol. The zero-order valence-electron chi connectivity index (χ0n) is 13.6. The highest BCUT2D eigenvalue weighted by molar-refractivity contribution is 6.33. The minimum atomic E-state index is -0.526. The summed E-state index contributed by atoms with van der Waals surface area (Å²) in [5.41, 5.74) is 0.923. The fraction of sp³-hybridized carbons (Fsp3) is 0.222. The second-order valence-electron chi connectivity index (χ2n) is 5.51. The van der Waals surface area contributed by atoms with E-state index in [-0.39, 0.29) is 41.3 Å². The SMILES string of the molecule is CC(NC(=O)CCNC(=O)c1ccc(F)cc1Cl)c1cccc(O)c1. The van der Waals surface area contributed by atoms with Crippen molar-refractivity contribution >= 4 is 23.4 Å². The summed E-state index contributed by atoms with van der Waals surface area (Å²) in [7, 11) is 0. The third-order valence-corrected chi connectivity index (χ3v) is 3.87. The van der Waals surface area contributed by atoms with Crippen LogP contribution < -0.4 is 10.6 Å². The van der Waals surface area contributed by atoms with Gasteiger partial charge in [-0.15, -0.1) is 0 Å². The van der Waals surface area contributed by atoms with E-state index in [9.17, 15) is 19.1 Å². The molecule has 25 heavy (non-hydrogen) atoms. The lowest BCUT2D eigenvalue weighted by Gasteiger charge is -2.15. The maximum atomic E-state index is 13.0. The largest absolute Gasteiger partial charge is 0.508 e. The highest BCUT2D eigenvalue weighted by Crippen LogP contribution is 2.18. The molecule has 2 rings (SSSR count). The Balaban J connectivity index is 1.81. The standard InChI is InChI=1S/C18H18ClFN2O3/c1-11(12-3-2-4-14(23)9-12)22-17(24)7-8-21-18(25)15-6-5-13(20)10-16(15)19/h2-6,9-11,23H,7-8H2,1H3,(H,21,25)(H,22,24). The molecule has 0 fully saturated rings. The molecular formula is C18H18ClFN2O3. The smallest absolute Gasteiger partial charge is 0.252 e. The van der Waals surface area contributed by atoms with Gasteiger partial charge < -0.3 is 15.7 Å². The van der Waals surface area contributed by atoms with Crippen molar-refractivity contribution in [2.75, 3.05) is 6.54 Å². The molecule has 1 unspecified atom stereocenters. The molecule has 0 aromatic heterocycles. The lowest BCUT2D eigenvalue weighted by Crippen LogP contribution is -2.32. The van der Waals surface area contributed by atoms with Gasteiger partial charge in [-0.2, -0.15) is 0 Å². The van der Waals surface area contributed by atoms with E-state index in [2.05, 4.69) is 10.6 Å². The maximum Gasteiger partial charge on any atom is 0.252 e. The van der Waals surface area contributed by atoms with Gasteiger partial charge in [-0.3, -0.25) is 9.59 Å². The van der Waals surface area contributed by atoms with Crippen molar-refractivity contribution in [3.63, 3.8) is 0 Å². The van der Waals surface area contributed by atoms with E-state index in [0.29, 0.717) is 0 Å². The Labute approximate surface area is 149 Å². The first kappa shape index (κ1) is 18.7. The Morgan fingerprint density at radius 3 is 2.68 bits per heavy atom. The van der Waals surface area contributed by atoms with Gasteiger partial charge in [0.1, 0.15) is 11.6 Å². The Kier molecular flexibility index (Phi) is 6.36. The van der Waals surface area contributed by atoms with Crippen LogP contribution in [-0.4, -0.2) is 23.5 Å². The molecule has 1 atom stereocenters. The zero-order chi connectivity index (χ0) is 18.4. The van der Waals surface area contributed by atoms with Crippen LogP contribution in [0.15, 0.2) is 42.5 Å². The zero-order valence-corrected chi connectivity index (χ0v) is 14.3. The molecule has 0 saturated heterocycles. The van der Waals surface area contributed by atoms with Crippen molar-refractivity contribution in [3.05, 3.63) is 64.4 Å². The number of carbonyl (C=O) groups is 2. The summed E-state index contributed by atoms with van der Waals surface area (Å²) in [5.74, 6) is -1.12. The summed E-state index contributed by atoms with van der Waals surface area (Å²) in [6.07, 6.45) is 0.0771. The molecule has 0 spiro atoms. The second kappa shape index (κ2) is 8.48. The summed E-state index contributed by atoms with van der Waals surface area (Å²) < 4.78 is 13.0. The molecule has 2 aromatic carbocycles. The van der Waals surface area contributed by atoms with Crippen LogP contribution in [0.2, 0.25) is 5.02 Å². The van der Waals surface area contributed by atoms with Gasteiger partial charge in [-0.25, -0.2) is 4.39 Å². The topological polar surface area (TPSA) is 78.4 Å². The molecule has 0 aliphatic carbocycles. The Morgan fingerprint density at radius 1 is 1.24 bits per heavy atom. The number of rotatable bonds is 6. The summed E-state index contributed by atoms with van der Waals surface area (Å²) in [4.78, 5) is 23.9. The van der Waals surface area contributed by atoms with E-state index in [1.807, 2.05) is 0 Å². The molecule has 132 valence electrons. The average molecular weight is 365 g/mol. The number of amides is 2. The number of benzene rings is 2. The molecule has 5 nitrogen and oxygen atoms in total. The minimum Gasteiger partial charge on any atom is -0.508 e. The number of aromatic hydroxyl groups is 1. The average Bonchev–Trinajstić information content (AvgIpc) is 2.54. The van der Waals surface area contributed by atoms with Crippen molar-refractivity contribution in [3.8, 4) is 5.75 Å². The number of halogens is 2. The molecule has 0 radical (unpaired) electrons. The summed E-state index contributed by atoms with van der Waals surface area (Å²) in [5, 5.41) is 14.8. The highest BCUT2D eigenvalue weighted by atomic mass is 35.5. The molecule has 7 heteroatoms. The number of phenolic OH excluding ortho intramolecular Hbond substituents is 1. The summed E-state index contributed by atoms with van der Waals surface area (Å²) in [6.45, 7) is 1.91. The van der Waals surface area contributed by atoms with Crippen LogP contribution in [0.25, 0.3) is 0 Å². The van der Waals surface area contributed by atoms with Gasteiger partial charge in [0.2, 0.25) is 5.91 Å². The Morgan fingerprint density at radius 2 is 2.00 bits per heavy atom. The van der Waals surface area contributed by atoms with Gasteiger partial charge in [0.25, 0.3) is 5.91 Å². The van der Waals surface area contributed by atoms with Gasteiger partial charge in [-0.1, -0.05) is 23.7 Å². The monoisotopic (exact) mass is 364 g/mol. The molecule has 0 saturated carbocycles. The van der Waals surface area contributed by atoms with E-state index in [4.69, 9.17) is 11.6 Å². The van der Waals surface area contributed by atoms with Gasteiger partial charge >= 0.3 is 0 Å². The van der Waals surface area contributed by atoms with Crippen LogP contribution in [0.5, 0.6) is 5.75 Å². The first-order valence-corrected chi connectivity index (χ1v) is 8.06. The maximum absolute atomic E-state index is 13.0. The Bertz CT molecular complexity index is 783. The molecule has 2 aromatic rings. The van der Waals surface area contributed by atoms with Crippen molar-refractivity contribution < 1.29 is 19.1 Å². The second-order valence-corrected chi connectivity index (χ2v) is 5.92. The predicted octanol–water partition coefficient (Wildman–Crippen LogP) is 3.18. The lowest BCUT2D eigenvalue weighted by atomic mass is 10.1. The first-order chi connectivity index (χ1) is 11.9. The van der Waals surface area contributed by atoms with Gasteiger partial charge in [-0.05, 0) is 42.8 Å². The van der Waals surface area contributed by atoms with Crippen molar-refractivity contribution in [2.45, 2.75) is 19.4 Å². The molecule has 0 aliphatic rings. The number of nitrogens with one attached hydrogen (secondary N) is 2. The number of carbonyl (C=O) groups excluding carboxylic acids is 2. The number of hydrogen-bond acceptors (Lipinski definition) is 3. The molecule has 0 aliphatic heterocycles. The van der Waals surface area contributed by atoms with E-state index in [0.717, 1.165) is 17.7 Å². The van der Waals surface area contributed by atoms with Crippen LogP contribution in [0.3, 0.4) is 0 Å². The number of hydrogen-bond donors (Lipinski definition) is 3. The summed E-state index contributed by atoms with van der Waals surface area (Å²) in [6, 6.07) is 9.82. The van der Waals surface area contributed by atoms with Crippen molar-refractivity contribution in [1.82, 2.24) is 10.6 Å². The normalized spacial score (nSPS) is 11.6. The fourth-order valence-corrected chi connectivity index (χ4v) is 2.50. The van der Waals surface area contributed by atoms with Crippen LogP contribution in [-0.2, 0) is 4.79 Å². The third kappa shape index (κ3) is 5.46. The van der Waals surface area contributed by atoms with Crippen LogP contribution >= 0.6 is 11.6 Å². The third-order valence-electron chi connectivity index (χ3n) is 3.56. The van der Waals surface area contributed by atoms with Crippen LogP contribution in [0.4, 0.5) is 4.39 Å². The molecule has 0 heterocycles. The number of phenols is 1. The van der Waals surface area contributed by atoms with Crippen LogP contribution in [0, 0.1) is 5.82 Å². The molecular weight excluding hydrogens is 347 g/mol.